The molecule has 2 rings (SSSR count). The number of hydrogen-bond donors (Lipinski definition) is 0. The molecule has 2 aromatic rings. The van der Waals surface area contributed by atoms with Crippen LogP contribution in [-0.4, -0.2) is 14.1 Å². The number of nitrogens with zero attached hydrogens (tertiary/aromatic N) is 1. The van der Waals surface area contributed by atoms with Gasteiger partial charge >= 0.3 is 33.5 Å². The second-order valence-electron chi connectivity index (χ2n) is 5.34. The maximum absolute atomic E-state index is 4.83. The summed E-state index contributed by atoms with van der Waals surface area (Å²) >= 11 is -0.181. The summed E-state index contributed by atoms with van der Waals surface area (Å²) in [5.74, 6) is 0. The van der Waals surface area contributed by atoms with Crippen LogP contribution in [0.5, 0.6) is 0 Å². The fourth-order valence-corrected chi connectivity index (χ4v) is 2.70. The topological polar surface area (TPSA) is 3.24 Å². The first-order valence-corrected chi connectivity index (χ1v) is 10.3. The molecule has 0 aromatic heterocycles. The van der Waals surface area contributed by atoms with Gasteiger partial charge in [0.2, 0.25) is 0 Å². The molecule has 0 radical (unpaired) electrons. The van der Waals surface area contributed by atoms with Crippen molar-refractivity contribution in [3.8, 4) is 11.1 Å². The van der Waals surface area contributed by atoms with Crippen molar-refractivity contribution in [2.75, 3.05) is 19.0 Å². The Bertz CT molecular complexity index is 578. The normalized spacial score (nSPS) is 9.90. The van der Waals surface area contributed by atoms with E-state index < -0.39 is 0 Å². The summed E-state index contributed by atoms with van der Waals surface area (Å²) < 4.78 is 0. The van der Waals surface area contributed by atoms with Crippen molar-refractivity contribution in [2.24, 2.45) is 0 Å². The van der Waals surface area contributed by atoms with Gasteiger partial charge in [-0.3, -0.25) is 0 Å². The quantitative estimate of drug-likeness (QED) is 0.614. The molecule has 0 N–H and O–H groups in total. The second kappa shape index (κ2) is 8.20. The van der Waals surface area contributed by atoms with Gasteiger partial charge in [-0.25, -0.2) is 0 Å². The number of rotatable bonds is 2. The summed E-state index contributed by atoms with van der Waals surface area (Å²) in [6.07, 6.45) is 0. The standard InChI is InChI=1S/C17H22N.2ClH.Cr/c1-11-12(2)14(4)17(13(11)3)15-9-7-8-10-16(15)18(5)6;;;/h7-10H,1-6H3;2*1H;/q-1;;;+3/p-2. The van der Waals surface area contributed by atoms with E-state index in [0.717, 1.165) is 0 Å². The van der Waals surface area contributed by atoms with Crippen molar-refractivity contribution in [2.45, 2.75) is 27.7 Å². The molecule has 0 saturated carbocycles. The fraction of sp³-hybridized carbons (Fsp3) is 0.353. The van der Waals surface area contributed by atoms with Gasteiger partial charge in [-0.2, -0.15) is 0 Å². The van der Waals surface area contributed by atoms with Crippen LogP contribution >= 0.6 is 20.1 Å². The van der Waals surface area contributed by atoms with E-state index in [4.69, 9.17) is 20.1 Å². The Kier molecular flexibility index (Phi) is 7.24. The van der Waals surface area contributed by atoms with E-state index in [1.165, 1.54) is 39.1 Å². The van der Waals surface area contributed by atoms with Crippen molar-refractivity contribution in [3.05, 3.63) is 46.5 Å². The molecule has 115 valence electrons. The molecule has 0 spiro atoms. The first-order valence-electron chi connectivity index (χ1n) is 6.75. The Morgan fingerprint density at radius 2 is 1.33 bits per heavy atom. The summed E-state index contributed by atoms with van der Waals surface area (Å²) in [6.45, 7) is 8.91. The molecule has 0 saturated heterocycles. The molecule has 0 aliphatic heterocycles. The van der Waals surface area contributed by atoms with Gasteiger partial charge in [-0.15, -0.1) is 28.3 Å². The zero-order valence-electron chi connectivity index (χ0n) is 13.4. The van der Waals surface area contributed by atoms with Crippen LogP contribution < -0.4 is 4.90 Å². The molecule has 0 bridgehead atoms. The van der Waals surface area contributed by atoms with E-state index in [-0.39, 0.29) is 13.4 Å². The van der Waals surface area contributed by atoms with Gasteiger partial charge in [-0.05, 0) is 19.8 Å². The Labute approximate surface area is 143 Å². The van der Waals surface area contributed by atoms with E-state index in [0.29, 0.717) is 0 Å². The average molecular weight is 363 g/mol. The predicted octanol–water partition coefficient (Wildman–Crippen LogP) is 5.75. The molecule has 0 aliphatic carbocycles. The zero-order chi connectivity index (χ0) is 16.2. The minimum atomic E-state index is -0.181. The van der Waals surface area contributed by atoms with Crippen LogP contribution in [0.4, 0.5) is 5.69 Å². The van der Waals surface area contributed by atoms with Gasteiger partial charge in [0.25, 0.3) is 0 Å². The van der Waals surface area contributed by atoms with Gasteiger partial charge in [0, 0.05) is 0 Å². The third-order valence-electron chi connectivity index (χ3n) is 4.09. The van der Waals surface area contributed by atoms with Gasteiger partial charge < -0.3 is 4.90 Å². The third kappa shape index (κ3) is 4.02. The zero-order valence-corrected chi connectivity index (χ0v) is 16.2. The first kappa shape index (κ1) is 18.5. The van der Waals surface area contributed by atoms with E-state index in [2.05, 4.69) is 71.0 Å². The van der Waals surface area contributed by atoms with Crippen LogP contribution in [-0.2, 0) is 13.4 Å². The number of halogens is 2. The molecule has 21 heavy (non-hydrogen) atoms. The first-order chi connectivity index (χ1) is 9.86. The summed E-state index contributed by atoms with van der Waals surface area (Å²) in [5, 5.41) is 0. The van der Waals surface area contributed by atoms with Crippen molar-refractivity contribution < 1.29 is 13.4 Å². The van der Waals surface area contributed by atoms with Crippen LogP contribution in [0, 0.1) is 27.7 Å². The second-order valence-corrected chi connectivity index (χ2v) is 7.45. The van der Waals surface area contributed by atoms with Crippen LogP contribution in [0.2, 0.25) is 0 Å². The van der Waals surface area contributed by atoms with Crippen LogP contribution in [0.15, 0.2) is 24.3 Å². The van der Waals surface area contributed by atoms with E-state index in [1.807, 2.05) is 0 Å². The number of hydrogen-bond acceptors (Lipinski definition) is 1. The molecule has 2 aromatic carbocycles. The molecular weight excluding hydrogens is 341 g/mol. The molecule has 0 fully saturated rings. The van der Waals surface area contributed by atoms with Crippen molar-refractivity contribution in [1.82, 2.24) is 0 Å². The van der Waals surface area contributed by atoms with Gasteiger partial charge in [0.05, 0.1) is 0 Å². The molecule has 0 heterocycles. The SMILES string of the molecule is Cc1c(C)c(C)[c-](-c2ccccc2N(C)C)c1C.[Cl][Cr+][Cl]. The third-order valence-corrected chi connectivity index (χ3v) is 4.09. The van der Waals surface area contributed by atoms with E-state index >= 15 is 0 Å². The van der Waals surface area contributed by atoms with Gasteiger partial charge in [-0.1, -0.05) is 57.0 Å². The summed E-state index contributed by atoms with van der Waals surface area (Å²) in [5.41, 5.74) is 9.72. The molecule has 0 aliphatic rings. The summed E-state index contributed by atoms with van der Waals surface area (Å²) in [6, 6.07) is 8.64. The predicted molar refractivity (Wildman–Crippen MR) is 92.5 cm³/mol. The minimum absolute atomic E-state index is 0.181. The van der Waals surface area contributed by atoms with E-state index in [9.17, 15) is 0 Å². The van der Waals surface area contributed by atoms with Crippen LogP contribution in [0.3, 0.4) is 0 Å². The number of anilines is 1. The maximum atomic E-state index is 4.83. The monoisotopic (exact) mass is 362 g/mol. The van der Waals surface area contributed by atoms with Crippen molar-refractivity contribution in [3.63, 3.8) is 0 Å². The summed E-state index contributed by atoms with van der Waals surface area (Å²) in [7, 11) is 13.9. The Morgan fingerprint density at radius 3 is 1.76 bits per heavy atom. The number of benzene rings is 1. The average Bonchev–Trinajstić information content (AvgIpc) is 2.64. The van der Waals surface area contributed by atoms with Crippen molar-refractivity contribution in [1.29, 1.82) is 0 Å². The molecule has 0 atom stereocenters. The molecule has 1 nitrogen and oxygen atoms in total. The van der Waals surface area contributed by atoms with E-state index in [1.54, 1.807) is 0 Å². The Morgan fingerprint density at radius 1 is 0.905 bits per heavy atom. The molecule has 0 unspecified atom stereocenters. The molecule has 0 amide bonds. The van der Waals surface area contributed by atoms with Gasteiger partial charge in [0.15, 0.2) is 0 Å². The van der Waals surface area contributed by atoms with Crippen LogP contribution in [0.25, 0.3) is 11.1 Å². The van der Waals surface area contributed by atoms with Gasteiger partial charge in [0.1, 0.15) is 0 Å². The Hall–Kier alpha value is -0.518. The summed E-state index contributed by atoms with van der Waals surface area (Å²) in [4.78, 5) is 2.19. The van der Waals surface area contributed by atoms with Crippen LogP contribution in [0.1, 0.15) is 22.3 Å². The fourth-order valence-electron chi connectivity index (χ4n) is 2.70. The Balaban J connectivity index is 0.000000677. The molecule has 4 heteroatoms. The van der Waals surface area contributed by atoms with Crippen molar-refractivity contribution >= 4 is 25.8 Å². The number of para-hydroxylation sites is 1. The molecular formula is C17H22Cl2CrN.